The molecule has 1 aromatic carbocycles. The average Bonchev–Trinajstić information content (AvgIpc) is 2.77. The van der Waals surface area contributed by atoms with E-state index in [1.54, 1.807) is 24.1 Å². The molecule has 0 atom stereocenters. The molecule has 0 bridgehead atoms. The summed E-state index contributed by atoms with van der Waals surface area (Å²) < 4.78 is 13.9. The summed E-state index contributed by atoms with van der Waals surface area (Å²) in [7, 11) is 1.70. The number of thiocarbonyl (C=S) groups is 1. The lowest BCUT2D eigenvalue weighted by molar-refractivity contribution is 0.0804. The third kappa shape index (κ3) is 3.27. The molecule has 0 aliphatic heterocycles. The van der Waals surface area contributed by atoms with Crippen molar-refractivity contribution in [3.63, 3.8) is 0 Å². The maximum absolute atomic E-state index is 13.1. The first-order chi connectivity index (χ1) is 8.97. The van der Waals surface area contributed by atoms with Crippen molar-refractivity contribution in [2.24, 2.45) is 5.73 Å². The van der Waals surface area contributed by atoms with E-state index in [1.807, 2.05) is 0 Å². The maximum Gasteiger partial charge on any atom is 0.263 e. The smallest absolute Gasteiger partial charge is 0.263 e. The Morgan fingerprint density at radius 1 is 1.47 bits per heavy atom. The van der Waals surface area contributed by atoms with Crippen molar-refractivity contribution in [1.29, 1.82) is 0 Å². The van der Waals surface area contributed by atoms with Crippen LogP contribution >= 0.6 is 23.6 Å². The molecule has 3 nitrogen and oxygen atoms in total. The Morgan fingerprint density at radius 2 is 2.21 bits per heavy atom. The molecule has 19 heavy (non-hydrogen) atoms. The summed E-state index contributed by atoms with van der Waals surface area (Å²) >= 11 is 6.07. The van der Waals surface area contributed by atoms with E-state index in [4.69, 9.17) is 18.0 Å². The molecule has 0 saturated heterocycles. The molecule has 6 heteroatoms. The molecule has 100 valence electrons. The highest BCUT2D eigenvalue weighted by molar-refractivity contribution is 7.80. The Balaban J connectivity index is 2.19. The van der Waals surface area contributed by atoms with Crippen molar-refractivity contribution in [3.8, 4) is 0 Å². The van der Waals surface area contributed by atoms with Crippen LogP contribution in [-0.2, 0) is 0 Å². The molecule has 0 aliphatic carbocycles. The molecule has 1 heterocycles. The van der Waals surface area contributed by atoms with Gasteiger partial charge in [-0.3, -0.25) is 4.79 Å². The van der Waals surface area contributed by atoms with Gasteiger partial charge in [0.1, 0.15) is 5.82 Å². The van der Waals surface area contributed by atoms with Gasteiger partial charge in [0.15, 0.2) is 0 Å². The lowest BCUT2D eigenvalue weighted by Crippen LogP contribution is -2.29. The number of halogens is 1. The standard InChI is InChI=1S/C13H13FN2OS2/c1-16(5-4-12(15)18)13(17)11-6-8-2-3-9(14)7-10(8)19-11/h2-3,6-7H,4-5H2,1H3,(H2,15,18). The van der Waals surface area contributed by atoms with Crippen LogP contribution in [0.25, 0.3) is 10.1 Å². The molecular formula is C13H13FN2OS2. The second-order valence-electron chi connectivity index (χ2n) is 4.24. The predicted octanol–water partition coefficient (Wildman–Crippen LogP) is 2.79. The summed E-state index contributed by atoms with van der Waals surface area (Å²) in [6.45, 7) is 0.483. The van der Waals surface area contributed by atoms with Crippen molar-refractivity contribution in [2.45, 2.75) is 6.42 Å². The van der Waals surface area contributed by atoms with Gasteiger partial charge in [-0.25, -0.2) is 4.39 Å². The molecule has 1 aromatic heterocycles. The van der Waals surface area contributed by atoms with Crippen LogP contribution in [0.2, 0.25) is 0 Å². The van der Waals surface area contributed by atoms with E-state index in [0.29, 0.717) is 22.8 Å². The van der Waals surface area contributed by atoms with Crippen LogP contribution < -0.4 is 5.73 Å². The highest BCUT2D eigenvalue weighted by Crippen LogP contribution is 2.27. The second-order valence-corrected chi connectivity index (χ2v) is 5.84. The molecule has 0 aliphatic rings. The fourth-order valence-corrected chi connectivity index (χ4v) is 2.85. The van der Waals surface area contributed by atoms with Gasteiger partial charge in [-0.1, -0.05) is 18.3 Å². The molecule has 0 spiro atoms. The lowest BCUT2D eigenvalue weighted by atomic mass is 10.2. The number of amides is 1. The molecule has 0 fully saturated rings. The van der Waals surface area contributed by atoms with E-state index in [-0.39, 0.29) is 11.7 Å². The first-order valence-corrected chi connectivity index (χ1v) is 6.92. The van der Waals surface area contributed by atoms with E-state index < -0.39 is 0 Å². The number of thiophene rings is 1. The Labute approximate surface area is 119 Å². The summed E-state index contributed by atoms with van der Waals surface area (Å²) in [4.78, 5) is 14.7. The zero-order valence-corrected chi connectivity index (χ0v) is 12.0. The van der Waals surface area contributed by atoms with Crippen LogP contribution in [-0.4, -0.2) is 29.4 Å². The fraction of sp³-hybridized carbons (Fsp3) is 0.231. The first kappa shape index (κ1) is 13.9. The summed E-state index contributed by atoms with van der Waals surface area (Å²) in [6, 6.07) is 6.28. The molecule has 2 aromatic rings. The number of hydrogen-bond donors (Lipinski definition) is 1. The molecule has 0 saturated carbocycles. The maximum atomic E-state index is 13.1. The van der Waals surface area contributed by atoms with Gasteiger partial charge in [-0.05, 0) is 23.6 Å². The van der Waals surface area contributed by atoms with Crippen molar-refractivity contribution in [2.75, 3.05) is 13.6 Å². The van der Waals surface area contributed by atoms with Crippen LogP contribution in [0.5, 0.6) is 0 Å². The zero-order valence-electron chi connectivity index (χ0n) is 10.4. The number of nitrogens with two attached hydrogens (primary N) is 1. The minimum atomic E-state index is -0.296. The van der Waals surface area contributed by atoms with Crippen molar-refractivity contribution in [3.05, 3.63) is 35.0 Å². The number of nitrogens with zero attached hydrogens (tertiary/aromatic N) is 1. The SMILES string of the molecule is CN(CCC(N)=S)C(=O)c1cc2ccc(F)cc2s1. The van der Waals surface area contributed by atoms with Gasteiger partial charge < -0.3 is 10.6 Å². The minimum absolute atomic E-state index is 0.0992. The van der Waals surface area contributed by atoms with Crippen molar-refractivity contribution < 1.29 is 9.18 Å². The Morgan fingerprint density at radius 3 is 2.89 bits per heavy atom. The number of rotatable bonds is 4. The third-order valence-corrected chi connectivity index (χ3v) is 4.02. The van der Waals surface area contributed by atoms with Gasteiger partial charge >= 0.3 is 0 Å². The largest absolute Gasteiger partial charge is 0.393 e. The second kappa shape index (κ2) is 5.63. The van der Waals surface area contributed by atoms with Crippen LogP contribution in [0.1, 0.15) is 16.1 Å². The van der Waals surface area contributed by atoms with Crippen LogP contribution in [0.4, 0.5) is 4.39 Å². The fourth-order valence-electron chi connectivity index (χ4n) is 1.68. The van der Waals surface area contributed by atoms with Crippen molar-refractivity contribution >= 4 is 44.5 Å². The number of hydrogen-bond acceptors (Lipinski definition) is 3. The number of benzene rings is 1. The molecule has 2 N–H and O–H groups in total. The van der Waals surface area contributed by atoms with E-state index in [9.17, 15) is 9.18 Å². The molecule has 0 radical (unpaired) electrons. The van der Waals surface area contributed by atoms with Gasteiger partial charge in [0, 0.05) is 24.7 Å². The lowest BCUT2D eigenvalue weighted by Gasteiger charge is -2.15. The molecule has 0 unspecified atom stereocenters. The highest BCUT2D eigenvalue weighted by atomic mass is 32.1. The van der Waals surface area contributed by atoms with Gasteiger partial charge in [-0.2, -0.15) is 0 Å². The summed E-state index contributed by atoms with van der Waals surface area (Å²) in [5.74, 6) is -0.395. The van der Waals surface area contributed by atoms with Crippen LogP contribution in [0.15, 0.2) is 24.3 Å². The first-order valence-electron chi connectivity index (χ1n) is 5.70. The number of carbonyl (C=O) groups excluding carboxylic acids is 1. The Bertz CT molecular complexity index is 639. The van der Waals surface area contributed by atoms with E-state index in [1.165, 1.54) is 23.5 Å². The van der Waals surface area contributed by atoms with E-state index in [2.05, 4.69) is 0 Å². The number of carbonyl (C=O) groups is 1. The van der Waals surface area contributed by atoms with Crippen LogP contribution in [0, 0.1) is 5.82 Å². The normalized spacial score (nSPS) is 10.6. The van der Waals surface area contributed by atoms with Crippen LogP contribution in [0.3, 0.4) is 0 Å². The Kier molecular flexibility index (Phi) is 4.11. The van der Waals surface area contributed by atoms with Gasteiger partial charge in [-0.15, -0.1) is 11.3 Å². The topological polar surface area (TPSA) is 46.3 Å². The predicted molar refractivity (Wildman–Crippen MR) is 80.1 cm³/mol. The quantitative estimate of drug-likeness (QED) is 0.883. The average molecular weight is 296 g/mol. The molecule has 1 amide bonds. The number of fused-ring (bicyclic) bond motifs is 1. The minimum Gasteiger partial charge on any atom is -0.393 e. The van der Waals surface area contributed by atoms with Crippen molar-refractivity contribution in [1.82, 2.24) is 4.90 Å². The van der Waals surface area contributed by atoms with Gasteiger partial charge in [0.2, 0.25) is 0 Å². The molecule has 2 rings (SSSR count). The van der Waals surface area contributed by atoms with E-state index >= 15 is 0 Å². The highest BCUT2D eigenvalue weighted by Gasteiger charge is 2.15. The third-order valence-electron chi connectivity index (χ3n) is 2.73. The summed E-state index contributed by atoms with van der Waals surface area (Å²) in [6.07, 6.45) is 0.497. The zero-order chi connectivity index (χ0) is 14.0. The van der Waals surface area contributed by atoms with E-state index in [0.717, 1.165) is 10.1 Å². The van der Waals surface area contributed by atoms with Gasteiger partial charge in [0.25, 0.3) is 5.91 Å². The van der Waals surface area contributed by atoms with Gasteiger partial charge in [0.05, 0.1) is 9.87 Å². The summed E-state index contributed by atoms with van der Waals surface area (Å²) in [5, 5.41) is 0.873. The Hall–Kier alpha value is -1.53. The summed E-state index contributed by atoms with van der Waals surface area (Å²) in [5.41, 5.74) is 5.41. The monoisotopic (exact) mass is 296 g/mol. The molecular weight excluding hydrogens is 283 g/mol.